The lowest BCUT2D eigenvalue weighted by molar-refractivity contribution is 0.312. The van der Waals surface area contributed by atoms with Crippen LogP contribution in [0, 0.1) is 0 Å². The molecule has 0 spiro atoms. The molecule has 0 aliphatic carbocycles. The number of hydrogen-bond acceptors (Lipinski definition) is 2. The normalized spacial score (nSPS) is 10.3. The lowest BCUT2D eigenvalue weighted by Crippen LogP contribution is -2.01. The number of halogens is 1. The maximum Gasteiger partial charge on any atom is 0.142 e. The minimum Gasteiger partial charge on any atom is -0.491 e. The SMILES string of the molecule is Nc1cc(Cl)ccc1OCCCc1ccccc1. The summed E-state index contributed by atoms with van der Waals surface area (Å²) in [6.07, 6.45) is 1.97. The summed E-state index contributed by atoms with van der Waals surface area (Å²) in [5.74, 6) is 0.701. The van der Waals surface area contributed by atoms with Gasteiger partial charge in [-0.15, -0.1) is 0 Å². The predicted octanol–water partition coefficient (Wildman–Crippen LogP) is 3.93. The molecule has 0 unspecified atom stereocenters. The third-order valence-corrected chi connectivity index (χ3v) is 2.92. The molecule has 2 rings (SSSR count). The first-order chi connectivity index (χ1) is 8.75. The molecule has 0 aliphatic rings. The van der Waals surface area contributed by atoms with Gasteiger partial charge in [-0.1, -0.05) is 41.9 Å². The average molecular weight is 262 g/mol. The van der Waals surface area contributed by atoms with Gasteiger partial charge in [0.05, 0.1) is 12.3 Å². The van der Waals surface area contributed by atoms with Crippen molar-refractivity contribution in [3.8, 4) is 5.75 Å². The van der Waals surface area contributed by atoms with Crippen molar-refractivity contribution < 1.29 is 4.74 Å². The fourth-order valence-electron chi connectivity index (χ4n) is 1.75. The summed E-state index contributed by atoms with van der Waals surface area (Å²) in [4.78, 5) is 0. The Labute approximate surface area is 112 Å². The number of benzene rings is 2. The molecule has 2 N–H and O–H groups in total. The Bertz CT molecular complexity index is 499. The topological polar surface area (TPSA) is 35.2 Å². The van der Waals surface area contributed by atoms with Crippen LogP contribution in [-0.4, -0.2) is 6.61 Å². The van der Waals surface area contributed by atoms with Gasteiger partial charge in [0, 0.05) is 5.02 Å². The third kappa shape index (κ3) is 3.67. The van der Waals surface area contributed by atoms with Crippen LogP contribution in [-0.2, 0) is 6.42 Å². The summed E-state index contributed by atoms with van der Waals surface area (Å²) >= 11 is 5.82. The summed E-state index contributed by atoms with van der Waals surface area (Å²) < 4.78 is 5.63. The van der Waals surface area contributed by atoms with Crippen molar-refractivity contribution in [3.05, 3.63) is 59.1 Å². The van der Waals surface area contributed by atoms with Crippen molar-refractivity contribution in [3.63, 3.8) is 0 Å². The molecule has 2 aromatic rings. The number of aryl methyl sites for hydroxylation is 1. The second-order valence-electron chi connectivity index (χ2n) is 4.12. The summed E-state index contributed by atoms with van der Waals surface area (Å²) in [6, 6.07) is 15.7. The fourth-order valence-corrected chi connectivity index (χ4v) is 1.93. The van der Waals surface area contributed by atoms with Gasteiger partial charge in [0.25, 0.3) is 0 Å². The molecule has 0 saturated heterocycles. The summed E-state index contributed by atoms with van der Waals surface area (Å²) in [5, 5.41) is 0.629. The van der Waals surface area contributed by atoms with Crippen LogP contribution in [0.2, 0.25) is 5.02 Å². The Morgan fingerprint density at radius 3 is 2.56 bits per heavy atom. The van der Waals surface area contributed by atoms with E-state index in [2.05, 4.69) is 12.1 Å². The van der Waals surface area contributed by atoms with E-state index in [4.69, 9.17) is 22.1 Å². The summed E-state index contributed by atoms with van der Waals surface area (Å²) in [5.41, 5.74) is 7.71. The molecule has 0 aliphatic heterocycles. The van der Waals surface area contributed by atoms with Crippen LogP contribution >= 0.6 is 11.6 Å². The van der Waals surface area contributed by atoms with E-state index in [1.165, 1.54) is 5.56 Å². The van der Waals surface area contributed by atoms with Crippen LogP contribution in [0.5, 0.6) is 5.75 Å². The van der Waals surface area contributed by atoms with Crippen LogP contribution < -0.4 is 10.5 Å². The van der Waals surface area contributed by atoms with Crippen LogP contribution in [0.1, 0.15) is 12.0 Å². The van der Waals surface area contributed by atoms with Crippen molar-refractivity contribution in [2.75, 3.05) is 12.3 Å². The Kier molecular flexibility index (Phi) is 4.48. The highest BCUT2D eigenvalue weighted by Gasteiger charge is 2.01. The molecule has 0 heterocycles. The van der Waals surface area contributed by atoms with Crippen LogP contribution in [0.3, 0.4) is 0 Å². The van der Waals surface area contributed by atoms with E-state index < -0.39 is 0 Å². The number of nitrogens with two attached hydrogens (primary N) is 1. The highest BCUT2D eigenvalue weighted by Crippen LogP contribution is 2.24. The minimum absolute atomic E-state index is 0.585. The Hall–Kier alpha value is -1.67. The van der Waals surface area contributed by atoms with E-state index in [0.717, 1.165) is 12.8 Å². The predicted molar refractivity (Wildman–Crippen MR) is 76.1 cm³/mol. The highest BCUT2D eigenvalue weighted by molar-refractivity contribution is 6.30. The second kappa shape index (κ2) is 6.31. The van der Waals surface area contributed by atoms with Crippen molar-refractivity contribution in [1.29, 1.82) is 0 Å². The summed E-state index contributed by atoms with van der Waals surface area (Å²) in [7, 11) is 0. The molecule has 3 heteroatoms. The monoisotopic (exact) mass is 261 g/mol. The first kappa shape index (κ1) is 12.8. The molecule has 0 amide bonds. The van der Waals surface area contributed by atoms with E-state index >= 15 is 0 Å². The van der Waals surface area contributed by atoms with Gasteiger partial charge in [-0.25, -0.2) is 0 Å². The molecule has 0 saturated carbocycles. The molecule has 0 aromatic heterocycles. The molecule has 2 nitrogen and oxygen atoms in total. The molecule has 0 atom stereocenters. The maximum atomic E-state index is 5.82. The Morgan fingerprint density at radius 1 is 1.06 bits per heavy atom. The van der Waals surface area contributed by atoms with Gasteiger partial charge < -0.3 is 10.5 Å². The molecular weight excluding hydrogens is 246 g/mol. The zero-order valence-electron chi connectivity index (χ0n) is 10.1. The molecule has 0 bridgehead atoms. The Balaban J connectivity index is 1.79. The van der Waals surface area contributed by atoms with Crippen LogP contribution in [0.4, 0.5) is 5.69 Å². The van der Waals surface area contributed by atoms with Crippen LogP contribution in [0.15, 0.2) is 48.5 Å². The van der Waals surface area contributed by atoms with E-state index in [9.17, 15) is 0 Å². The average Bonchev–Trinajstić information content (AvgIpc) is 2.38. The first-order valence-corrected chi connectivity index (χ1v) is 6.35. The molecule has 2 aromatic carbocycles. The van der Waals surface area contributed by atoms with Gasteiger partial charge in [0.1, 0.15) is 5.75 Å². The maximum absolute atomic E-state index is 5.82. The fraction of sp³-hybridized carbons (Fsp3) is 0.200. The lowest BCUT2D eigenvalue weighted by atomic mass is 10.1. The minimum atomic E-state index is 0.585. The number of ether oxygens (including phenoxy) is 1. The Morgan fingerprint density at radius 2 is 1.83 bits per heavy atom. The number of nitrogen functional groups attached to an aromatic ring is 1. The van der Waals surface area contributed by atoms with Crippen molar-refractivity contribution in [1.82, 2.24) is 0 Å². The largest absolute Gasteiger partial charge is 0.491 e. The third-order valence-electron chi connectivity index (χ3n) is 2.68. The quantitative estimate of drug-likeness (QED) is 0.654. The zero-order chi connectivity index (χ0) is 12.8. The summed E-state index contributed by atoms with van der Waals surface area (Å²) in [6.45, 7) is 0.653. The molecule has 18 heavy (non-hydrogen) atoms. The van der Waals surface area contributed by atoms with Gasteiger partial charge in [0.2, 0.25) is 0 Å². The van der Waals surface area contributed by atoms with Gasteiger partial charge in [-0.05, 0) is 36.6 Å². The lowest BCUT2D eigenvalue weighted by Gasteiger charge is -2.09. The molecule has 0 fully saturated rings. The van der Waals surface area contributed by atoms with E-state index in [-0.39, 0.29) is 0 Å². The van der Waals surface area contributed by atoms with E-state index in [1.807, 2.05) is 18.2 Å². The number of rotatable bonds is 5. The first-order valence-electron chi connectivity index (χ1n) is 5.97. The van der Waals surface area contributed by atoms with E-state index in [0.29, 0.717) is 23.1 Å². The van der Waals surface area contributed by atoms with Crippen molar-refractivity contribution in [2.24, 2.45) is 0 Å². The standard InChI is InChI=1S/C15H16ClNO/c16-13-8-9-15(14(17)11-13)18-10-4-7-12-5-2-1-3-6-12/h1-3,5-6,8-9,11H,4,7,10,17H2. The molecule has 94 valence electrons. The molecular formula is C15H16ClNO. The zero-order valence-corrected chi connectivity index (χ0v) is 10.9. The van der Waals surface area contributed by atoms with Crippen molar-refractivity contribution in [2.45, 2.75) is 12.8 Å². The molecule has 0 radical (unpaired) electrons. The smallest absolute Gasteiger partial charge is 0.142 e. The van der Waals surface area contributed by atoms with Crippen LogP contribution in [0.25, 0.3) is 0 Å². The van der Waals surface area contributed by atoms with Gasteiger partial charge in [-0.3, -0.25) is 0 Å². The van der Waals surface area contributed by atoms with Gasteiger partial charge in [-0.2, -0.15) is 0 Å². The van der Waals surface area contributed by atoms with Crippen molar-refractivity contribution >= 4 is 17.3 Å². The highest BCUT2D eigenvalue weighted by atomic mass is 35.5. The second-order valence-corrected chi connectivity index (χ2v) is 4.56. The van der Waals surface area contributed by atoms with Gasteiger partial charge in [0.15, 0.2) is 0 Å². The van der Waals surface area contributed by atoms with Gasteiger partial charge >= 0.3 is 0 Å². The van der Waals surface area contributed by atoms with E-state index in [1.54, 1.807) is 18.2 Å². The number of anilines is 1. The number of hydrogen-bond donors (Lipinski definition) is 1.